The molecule has 2 unspecified atom stereocenters. The first-order chi connectivity index (χ1) is 12.9. The van der Waals surface area contributed by atoms with Crippen molar-refractivity contribution in [2.75, 3.05) is 13.7 Å². The van der Waals surface area contributed by atoms with E-state index in [4.69, 9.17) is 9.47 Å². The Balaban J connectivity index is 1.76. The highest BCUT2D eigenvalue weighted by atomic mass is 19.1. The molecule has 0 aliphatic carbocycles. The van der Waals surface area contributed by atoms with E-state index in [1.807, 2.05) is 31.2 Å². The number of rotatable bonds is 8. The van der Waals surface area contributed by atoms with Gasteiger partial charge in [0.2, 0.25) is 0 Å². The lowest BCUT2D eigenvalue weighted by molar-refractivity contribution is 0.222. The normalized spacial score (nSPS) is 12.8. The van der Waals surface area contributed by atoms with E-state index in [0.717, 1.165) is 23.4 Å². The van der Waals surface area contributed by atoms with Crippen LogP contribution in [0, 0.1) is 11.6 Å². The third kappa shape index (κ3) is 6.77. The van der Waals surface area contributed by atoms with Gasteiger partial charge in [-0.3, -0.25) is 0 Å². The van der Waals surface area contributed by atoms with Crippen molar-refractivity contribution in [1.29, 1.82) is 0 Å². The number of ether oxygens (including phenoxy) is 2. The van der Waals surface area contributed by atoms with E-state index < -0.39 is 11.6 Å². The van der Waals surface area contributed by atoms with Crippen molar-refractivity contribution in [2.45, 2.75) is 32.4 Å². The van der Waals surface area contributed by atoms with Gasteiger partial charge in [-0.25, -0.2) is 13.6 Å². The molecule has 0 saturated carbocycles. The van der Waals surface area contributed by atoms with Crippen LogP contribution in [-0.4, -0.2) is 31.8 Å². The number of hydrogen-bond donors (Lipinski definition) is 2. The molecule has 2 amide bonds. The zero-order valence-corrected chi connectivity index (χ0v) is 15.6. The average molecular weight is 378 g/mol. The maximum Gasteiger partial charge on any atom is 0.315 e. The van der Waals surface area contributed by atoms with Crippen LogP contribution < -0.4 is 20.1 Å². The Bertz CT molecular complexity index is 771. The third-order valence-electron chi connectivity index (χ3n) is 3.81. The minimum atomic E-state index is -0.779. The molecule has 0 aliphatic rings. The molecule has 2 aromatic rings. The number of urea groups is 1. The molecule has 2 aromatic carbocycles. The van der Waals surface area contributed by atoms with Crippen molar-refractivity contribution in [3.05, 3.63) is 59.7 Å². The molecule has 0 saturated heterocycles. The molecule has 0 spiro atoms. The Kier molecular flexibility index (Phi) is 7.40. The van der Waals surface area contributed by atoms with Crippen LogP contribution in [0.15, 0.2) is 42.5 Å². The van der Waals surface area contributed by atoms with Crippen molar-refractivity contribution in [1.82, 2.24) is 10.6 Å². The van der Waals surface area contributed by atoms with E-state index in [1.54, 1.807) is 14.0 Å². The van der Waals surface area contributed by atoms with E-state index in [-0.39, 0.29) is 30.5 Å². The topological polar surface area (TPSA) is 59.6 Å². The smallest absolute Gasteiger partial charge is 0.315 e. The Morgan fingerprint density at radius 1 is 1.07 bits per heavy atom. The maximum absolute atomic E-state index is 13.5. The van der Waals surface area contributed by atoms with Gasteiger partial charge in [-0.15, -0.1) is 0 Å². The summed E-state index contributed by atoms with van der Waals surface area (Å²) >= 11 is 0. The highest BCUT2D eigenvalue weighted by Gasteiger charge is 2.13. The van der Waals surface area contributed by atoms with Crippen LogP contribution in [0.1, 0.15) is 19.4 Å². The summed E-state index contributed by atoms with van der Waals surface area (Å²) in [6.07, 6.45) is 0.649. The van der Waals surface area contributed by atoms with Crippen LogP contribution in [0.5, 0.6) is 11.5 Å². The first kappa shape index (κ1) is 20.5. The Labute approximate surface area is 157 Å². The molecular weight excluding hydrogens is 354 g/mol. The largest absolute Gasteiger partial charge is 0.497 e. The molecule has 2 atom stereocenters. The summed E-state index contributed by atoms with van der Waals surface area (Å²) in [5.74, 6) is -0.742. The molecule has 2 N–H and O–H groups in total. The van der Waals surface area contributed by atoms with E-state index >= 15 is 0 Å². The molecule has 2 rings (SSSR count). The number of nitrogens with one attached hydrogen (secondary N) is 2. The summed E-state index contributed by atoms with van der Waals surface area (Å²) in [5.41, 5.74) is 1.05. The first-order valence-corrected chi connectivity index (χ1v) is 8.65. The van der Waals surface area contributed by atoms with Crippen LogP contribution in [0.2, 0.25) is 0 Å². The molecule has 0 bridgehead atoms. The predicted molar refractivity (Wildman–Crippen MR) is 99.1 cm³/mol. The number of methoxy groups -OCH3 is 1. The second-order valence-electron chi connectivity index (χ2n) is 6.36. The summed E-state index contributed by atoms with van der Waals surface area (Å²) in [5, 5.41) is 5.57. The van der Waals surface area contributed by atoms with Crippen molar-refractivity contribution in [3.8, 4) is 11.5 Å². The summed E-state index contributed by atoms with van der Waals surface area (Å²) in [6.45, 7) is 3.68. The number of hydrogen-bond acceptors (Lipinski definition) is 3. The van der Waals surface area contributed by atoms with E-state index in [0.29, 0.717) is 6.42 Å². The van der Waals surface area contributed by atoms with E-state index in [9.17, 15) is 13.6 Å². The molecule has 7 heteroatoms. The van der Waals surface area contributed by atoms with Gasteiger partial charge in [-0.1, -0.05) is 12.1 Å². The van der Waals surface area contributed by atoms with Gasteiger partial charge in [-0.2, -0.15) is 0 Å². The van der Waals surface area contributed by atoms with Crippen molar-refractivity contribution in [3.63, 3.8) is 0 Å². The molecule has 0 fully saturated rings. The first-order valence-electron chi connectivity index (χ1n) is 8.65. The van der Waals surface area contributed by atoms with Crippen molar-refractivity contribution < 1.29 is 23.0 Å². The molecular formula is C20H24F2N2O3. The SMILES string of the molecule is COc1cccc(CC(C)NC(=O)NC(C)COc2ccc(F)cc2F)c1. The van der Waals surface area contributed by atoms with Crippen LogP contribution in [0.3, 0.4) is 0 Å². The van der Waals surface area contributed by atoms with Gasteiger partial charge in [-0.05, 0) is 50.1 Å². The fourth-order valence-electron chi connectivity index (χ4n) is 2.54. The van der Waals surface area contributed by atoms with Gasteiger partial charge in [0.05, 0.1) is 13.2 Å². The zero-order chi connectivity index (χ0) is 19.8. The van der Waals surface area contributed by atoms with Gasteiger partial charge in [0.25, 0.3) is 0 Å². The number of amides is 2. The van der Waals surface area contributed by atoms with Gasteiger partial charge in [0.15, 0.2) is 11.6 Å². The van der Waals surface area contributed by atoms with Crippen molar-refractivity contribution in [2.24, 2.45) is 0 Å². The fraction of sp³-hybridized carbons (Fsp3) is 0.350. The highest BCUT2D eigenvalue weighted by Crippen LogP contribution is 2.17. The summed E-state index contributed by atoms with van der Waals surface area (Å²) in [6, 6.07) is 9.92. The third-order valence-corrected chi connectivity index (χ3v) is 3.81. The number of carbonyl (C=O) groups is 1. The lowest BCUT2D eigenvalue weighted by Crippen LogP contribution is -2.46. The Morgan fingerprint density at radius 2 is 1.81 bits per heavy atom. The summed E-state index contributed by atoms with van der Waals surface area (Å²) in [7, 11) is 1.61. The predicted octanol–water partition coefficient (Wildman–Crippen LogP) is 3.67. The Morgan fingerprint density at radius 3 is 2.52 bits per heavy atom. The molecule has 0 radical (unpaired) electrons. The van der Waals surface area contributed by atoms with Crippen LogP contribution in [0.25, 0.3) is 0 Å². The standard InChI is InChI=1S/C20H24F2N2O3/c1-13(9-15-5-4-6-17(10-15)26-3)23-20(25)24-14(2)12-27-19-8-7-16(21)11-18(19)22/h4-8,10-11,13-14H,9,12H2,1-3H3,(H2,23,24,25). The minimum absolute atomic E-state index is 0.0558. The molecule has 146 valence electrons. The van der Waals surface area contributed by atoms with Gasteiger partial charge in [0, 0.05) is 12.1 Å². The summed E-state index contributed by atoms with van der Waals surface area (Å²) < 4.78 is 36.9. The molecule has 0 aliphatic heterocycles. The molecule has 0 aromatic heterocycles. The van der Waals surface area contributed by atoms with E-state index in [2.05, 4.69) is 10.6 Å². The Hall–Kier alpha value is -2.83. The fourth-order valence-corrected chi connectivity index (χ4v) is 2.54. The molecule has 27 heavy (non-hydrogen) atoms. The zero-order valence-electron chi connectivity index (χ0n) is 15.6. The second-order valence-corrected chi connectivity index (χ2v) is 6.36. The van der Waals surface area contributed by atoms with Gasteiger partial charge >= 0.3 is 6.03 Å². The number of carbonyl (C=O) groups excluding carboxylic acids is 1. The molecule has 0 heterocycles. The summed E-state index contributed by atoms with van der Waals surface area (Å²) in [4.78, 5) is 12.1. The van der Waals surface area contributed by atoms with Crippen LogP contribution in [-0.2, 0) is 6.42 Å². The molecule has 5 nitrogen and oxygen atoms in total. The van der Waals surface area contributed by atoms with Crippen molar-refractivity contribution >= 4 is 6.03 Å². The van der Waals surface area contributed by atoms with E-state index in [1.165, 1.54) is 6.07 Å². The van der Waals surface area contributed by atoms with Crippen LogP contribution in [0.4, 0.5) is 13.6 Å². The highest BCUT2D eigenvalue weighted by molar-refractivity contribution is 5.74. The lowest BCUT2D eigenvalue weighted by atomic mass is 10.1. The quantitative estimate of drug-likeness (QED) is 0.737. The van der Waals surface area contributed by atoms with Gasteiger partial charge < -0.3 is 20.1 Å². The second kappa shape index (κ2) is 9.75. The minimum Gasteiger partial charge on any atom is -0.497 e. The number of benzene rings is 2. The maximum atomic E-state index is 13.5. The van der Waals surface area contributed by atoms with Crippen LogP contribution >= 0.6 is 0 Å². The number of halogens is 2. The average Bonchev–Trinajstić information content (AvgIpc) is 2.60. The lowest BCUT2D eigenvalue weighted by Gasteiger charge is -2.19. The van der Waals surface area contributed by atoms with Gasteiger partial charge in [0.1, 0.15) is 18.2 Å². The monoisotopic (exact) mass is 378 g/mol.